The summed E-state index contributed by atoms with van der Waals surface area (Å²) in [6.07, 6.45) is -1.93. The fourth-order valence-electron chi connectivity index (χ4n) is 6.47. The van der Waals surface area contributed by atoms with Crippen LogP contribution in [0.2, 0.25) is 0 Å². The van der Waals surface area contributed by atoms with Crippen LogP contribution in [0.4, 0.5) is 33.7 Å². The van der Waals surface area contributed by atoms with E-state index in [0.29, 0.717) is 11.2 Å². The molecule has 1 N–H and O–H groups in total. The van der Waals surface area contributed by atoms with Crippen molar-refractivity contribution in [1.82, 2.24) is 34.3 Å². The van der Waals surface area contributed by atoms with Crippen LogP contribution in [-0.2, 0) is 13.0 Å². The molecule has 0 amide bonds. The Labute approximate surface area is 225 Å². The summed E-state index contributed by atoms with van der Waals surface area (Å²) in [5.74, 6) is -1.09. The molecule has 13 heteroatoms. The van der Waals surface area contributed by atoms with Gasteiger partial charge in [-0.3, -0.25) is 4.90 Å². The summed E-state index contributed by atoms with van der Waals surface area (Å²) >= 11 is 0. The number of anilines is 2. The van der Waals surface area contributed by atoms with Crippen LogP contribution >= 0.6 is 0 Å². The molecule has 4 aromatic rings. The van der Waals surface area contributed by atoms with Gasteiger partial charge in [-0.1, -0.05) is 6.07 Å². The highest BCUT2D eigenvalue weighted by molar-refractivity contribution is 5.83. The zero-order valence-corrected chi connectivity index (χ0v) is 21.5. The van der Waals surface area contributed by atoms with Gasteiger partial charge in [-0.2, -0.15) is 13.2 Å². The van der Waals surface area contributed by atoms with Crippen LogP contribution < -0.4 is 5.32 Å². The van der Waals surface area contributed by atoms with E-state index < -0.39 is 23.9 Å². The van der Waals surface area contributed by atoms with E-state index in [9.17, 15) is 22.0 Å². The summed E-state index contributed by atoms with van der Waals surface area (Å²) in [5.41, 5.74) is 1.01. The smallest absolute Gasteiger partial charge is 0.316 e. The van der Waals surface area contributed by atoms with E-state index in [-0.39, 0.29) is 46.9 Å². The Morgan fingerprint density at radius 1 is 1.00 bits per heavy atom. The molecule has 3 aliphatic rings. The topological polar surface area (TPSA) is 75.0 Å². The highest BCUT2D eigenvalue weighted by Gasteiger charge is 2.50. The molecule has 0 aliphatic carbocycles. The standard InChI is InChI=1S/C27H25F5N8/c1-38-11-26(12-38)13-39(14-26)10-15-2-4-21(33-8-15)35-25-34-9-18(29)23(37-25)16-6-17(28)24-19(7-16)40-20(27(30,31)32)3-5-22(40)36-24/h2,4,6-9,20H,3,5,10-14H2,1H3,(H,33,34,35,37)/t20-/m0/s1. The van der Waals surface area contributed by atoms with Crippen molar-refractivity contribution in [1.29, 1.82) is 0 Å². The second-order valence-electron chi connectivity index (χ2n) is 11.2. The molecule has 6 heterocycles. The second kappa shape index (κ2) is 8.90. The van der Waals surface area contributed by atoms with Crippen LogP contribution in [0.15, 0.2) is 36.7 Å². The van der Waals surface area contributed by atoms with Crippen molar-refractivity contribution in [3.05, 3.63) is 59.7 Å². The maximum Gasteiger partial charge on any atom is 0.409 e. The predicted octanol–water partition coefficient (Wildman–Crippen LogP) is 4.71. The van der Waals surface area contributed by atoms with Gasteiger partial charge in [0, 0.05) is 56.3 Å². The number of aryl methyl sites for hydroxylation is 1. The number of imidazole rings is 1. The fraction of sp³-hybridized carbons (Fsp3) is 0.407. The van der Waals surface area contributed by atoms with Crippen LogP contribution in [0.5, 0.6) is 0 Å². The van der Waals surface area contributed by atoms with Gasteiger partial charge in [0.1, 0.15) is 28.9 Å². The lowest BCUT2D eigenvalue weighted by molar-refractivity contribution is -0.164. The van der Waals surface area contributed by atoms with Crippen molar-refractivity contribution in [2.45, 2.75) is 31.6 Å². The van der Waals surface area contributed by atoms with Crippen LogP contribution in [-0.4, -0.2) is 73.7 Å². The number of alkyl halides is 3. The molecular weight excluding hydrogens is 531 g/mol. The number of fused-ring (bicyclic) bond motifs is 3. The van der Waals surface area contributed by atoms with Gasteiger partial charge in [0.25, 0.3) is 0 Å². The molecule has 1 aromatic carbocycles. The molecule has 0 saturated carbocycles. The number of likely N-dealkylation sites (tertiary alicyclic amines) is 2. The Kier molecular flexibility index (Phi) is 5.62. The molecule has 40 heavy (non-hydrogen) atoms. The highest BCUT2D eigenvalue weighted by Crippen LogP contribution is 2.43. The van der Waals surface area contributed by atoms with Gasteiger partial charge in [-0.15, -0.1) is 0 Å². The van der Waals surface area contributed by atoms with E-state index in [1.165, 1.54) is 6.07 Å². The molecule has 3 aliphatic heterocycles. The van der Waals surface area contributed by atoms with Crippen molar-refractivity contribution < 1.29 is 22.0 Å². The highest BCUT2D eigenvalue weighted by atomic mass is 19.4. The van der Waals surface area contributed by atoms with Crippen molar-refractivity contribution in [2.24, 2.45) is 5.41 Å². The third-order valence-corrected chi connectivity index (χ3v) is 7.97. The number of pyridine rings is 1. The maximum atomic E-state index is 15.0. The fourth-order valence-corrected chi connectivity index (χ4v) is 6.47. The first-order chi connectivity index (χ1) is 19.1. The normalized spacial score (nSPS) is 20.5. The van der Waals surface area contributed by atoms with Gasteiger partial charge in [0.2, 0.25) is 5.95 Å². The molecule has 0 bridgehead atoms. The Balaban J connectivity index is 1.11. The quantitative estimate of drug-likeness (QED) is 0.357. The molecule has 2 fully saturated rings. The van der Waals surface area contributed by atoms with E-state index in [1.807, 2.05) is 6.07 Å². The molecule has 8 nitrogen and oxygen atoms in total. The molecule has 1 atom stereocenters. The summed E-state index contributed by atoms with van der Waals surface area (Å²) in [7, 11) is 2.13. The first-order valence-corrected chi connectivity index (χ1v) is 13.0. The average Bonchev–Trinajstić information content (AvgIpc) is 3.44. The van der Waals surface area contributed by atoms with E-state index in [0.717, 1.165) is 55.1 Å². The Hall–Kier alpha value is -3.71. The lowest BCUT2D eigenvalue weighted by atomic mass is 9.73. The minimum atomic E-state index is -4.52. The number of halogens is 5. The Morgan fingerprint density at radius 3 is 2.50 bits per heavy atom. The SMILES string of the molecule is CN1CC2(C1)CN(Cc1ccc(Nc3ncc(F)c(-c4cc(F)c5nc6n(c5c4)[C@H](C(F)(F)F)CC6)n3)nc1)C2. The Bertz CT molecular complexity index is 1600. The largest absolute Gasteiger partial charge is 0.409 e. The van der Waals surface area contributed by atoms with Crippen molar-refractivity contribution in [3.63, 3.8) is 0 Å². The number of rotatable bonds is 5. The van der Waals surface area contributed by atoms with E-state index in [4.69, 9.17) is 0 Å². The summed E-state index contributed by atoms with van der Waals surface area (Å²) in [4.78, 5) is 21.3. The molecular formula is C27H25F5N8. The third kappa shape index (κ3) is 4.27. The summed E-state index contributed by atoms with van der Waals surface area (Å²) in [6.45, 7) is 5.24. The van der Waals surface area contributed by atoms with Crippen molar-refractivity contribution in [2.75, 3.05) is 38.5 Å². The van der Waals surface area contributed by atoms with E-state index in [2.05, 4.69) is 42.1 Å². The molecule has 208 valence electrons. The minimum Gasteiger partial charge on any atom is -0.316 e. The minimum absolute atomic E-state index is 0.0163. The van der Waals surface area contributed by atoms with Crippen LogP contribution in [0, 0.1) is 17.0 Å². The monoisotopic (exact) mass is 556 g/mol. The van der Waals surface area contributed by atoms with Crippen LogP contribution in [0.25, 0.3) is 22.3 Å². The zero-order chi connectivity index (χ0) is 27.8. The summed E-state index contributed by atoms with van der Waals surface area (Å²) < 4.78 is 71.6. The number of nitrogens with zero attached hydrogens (tertiary/aromatic N) is 7. The summed E-state index contributed by atoms with van der Waals surface area (Å²) in [5, 5.41) is 2.92. The number of benzene rings is 1. The lowest BCUT2D eigenvalue weighted by Crippen LogP contribution is -2.70. The summed E-state index contributed by atoms with van der Waals surface area (Å²) in [6, 6.07) is 4.22. The molecule has 7 rings (SSSR count). The molecule has 1 spiro atoms. The zero-order valence-electron chi connectivity index (χ0n) is 21.5. The van der Waals surface area contributed by atoms with Gasteiger partial charge < -0.3 is 14.8 Å². The number of hydrogen-bond acceptors (Lipinski definition) is 7. The Morgan fingerprint density at radius 2 is 1.80 bits per heavy atom. The molecule has 0 unspecified atom stereocenters. The lowest BCUT2D eigenvalue weighted by Gasteiger charge is -2.59. The number of nitrogens with one attached hydrogen (secondary N) is 1. The third-order valence-electron chi connectivity index (χ3n) is 7.97. The van der Waals surface area contributed by atoms with Gasteiger partial charge in [-0.05, 0) is 37.2 Å². The van der Waals surface area contributed by atoms with Gasteiger partial charge in [-0.25, -0.2) is 28.7 Å². The molecule has 0 radical (unpaired) electrons. The predicted molar refractivity (Wildman–Crippen MR) is 137 cm³/mol. The first-order valence-electron chi connectivity index (χ1n) is 13.0. The van der Waals surface area contributed by atoms with E-state index in [1.54, 1.807) is 12.3 Å². The number of hydrogen-bond donors (Lipinski definition) is 1. The van der Waals surface area contributed by atoms with Crippen LogP contribution in [0.3, 0.4) is 0 Å². The first kappa shape index (κ1) is 25.3. The van der Waals surface area contributed by atoms with E-state index >= 15 is 0 Å². The van der Waals surface area contributed by atoms with Crippen molar-refractivity contribution >= 4 is 22.8 Å². The van der Waals surface area contributed by atoms with Gasteiger partial charge >= 0.3 is 6.18 Å². The molecule has 3 aromatic heterocycles. The maximum absolute atomic E-state index is 15.0. The van der Waals surface area contributed by atoms with Crippen LogP contribution in [0.1, 0.15) is 23.9 Å². The number of aromatic nitrogens is 5. The average molecular weight is 557 g/mol. The second-order valence-corrected chi connectivity index (χ2v) is 11.2. The van der Waals surface area contributed by atoms with Gasteiger partial charge in [0.15, 0.2) is 11.6 Å². The molecule has 2 saturated heterocycles. The van der Waals surface area contributed by atoms with Crippen molar-refractivity contribution in [3.8, 4) is 11.3 Å². The van der Waals surface area contributed by atoms with Gasteiger partial charge in [0.05, 0.1) is 11.7 Å².